The highest BCUT2D eigenvalue weighted by atomic mass is 16.2. The quantitative estimate of drug-likeness (QED) is 0.914. The Bertz CT molecular complexity index is 671. The van der Waals surface area contributed by atoms with Crippen molar-refractivity contribution in [2.24, 2.45) is 5.92 Å². The van der Waals surface area contributed by atoms with Crippen LogP contribution in [0.5, 0.6) is 0 Å². The molecule has 134 valence electrons. The van der Waals surface area contributed by atoms with Gasteiger partial charge in [-0.05, 0) is 44.2 Å². The van der Waals surface area contributed by atoms with Gasteiger partial charge in [-0.15, -0.1) is 0 Å². The van der Waals surface area contributed by atoms with E-state index in [4.69, 9.17) is 0 Å². The summed E-state index contributed by atoms with van der Waals surface area (Å²) in [7, 11) is 0. The maximum Gasteiger partial charge on any atom is 0.251 e. The minimum Gasteiger partial charge on any atom is -0.343 e. The largest absolute Gasteiger partial charge is 0.343 e. The highest BCUT2D eigenvalue weighted by Crippen LogP contribution is 2.32. The van der Waals surface area contributed by atoms with Gasteiger partial charge in [0.2, 0.25) is 5.91 Å². The number of Topliss-reactive ketones (excluding diaryl/α,β-unsaturated/α-hetero) is 1. The molecule has 5 nitrogen and oxygen atoms in total. The summed E-state index contributed by atoms with van der Waals surface area (Å²) in [5.74, 6) is -0.00841. The molecule has 2 atom stereocenters. The van der Waals surface area contributed by atoms with E-state index >= 15 is 0 Å². The third kappa shape index (κ3) is 3.91. The van der Waals surface area contributed by atoms with Crippen LogP contribution in [0.1, 0.15) is 54.4 Å². The van der Waals surface area contributed by atoms with Crippen LogP contribution in [-0.2, 0) is 9.59 Å². The second-order valence-electron chi connectivity index (χ2n) is 7.11. The number of likely N-dealkylation sites (tertiary alicyclic amines) is 1. The van der Waals surface area contributed by atoms with Crippen molar-refractivity contribution in [2.75, 3.05) is 13.1 Å². The van der Waals surface area contributed by atoms with Crippen molar-refractivity contribution in [2.45, 2.75) is 51.5 Å². The smallest absolute Gasteiger partial charge is 0.251 e. The molecule has 1 aliphatic carbocycles. The van der Waals surface area contributed by atoms with E-state index in [0.29, 0.717) is 24.3 Å². The molecule has 2 amide bonds. The molecule has 1 saturated heterocycles. The highest BCUT2D eigenvalue weighted by molar-refractivity contribution is 5.97. The minimum absolute atomic E-state index is 0.00716. The van der Waals surface area contributed by atoms with Gasteiger partial charge in [-0.2, -0.15) is 0 Å². The molecule has 1 heterocycles. The molecule has 0 spiro atoms. The molecule has 0 radical (unpaired) electrons. The molecule has 1 aromatic carbocycles. The zero-order valence-electron chi connectivity index (χ0n) is 14.8. The number of hydrogen-bond donors (Lipinski definition) is 1. The lowest BCUT2D eigenvalue weighted by molar-refractivity contribution is -0.135. The summed E-state index contributed by atoms with van der Waals surface area (Å²) in [6.07, 6.45) is 5.41. The number of aryl methyl sites for hydroxylation is 1. The number of amides is 2. The molecule has 0 unspecified atom stereocenters. The van der Waals surface area contributed by atoms with Gasteiger partial charge in [-0.3, -0.25) is 14.4 Å². The Morgan fingerprint density at radius 1 is 1.16 bits per heavy atom. The van der Waals surface area contributed by atoms with E-state index in [9.17, 15) is 14.4 Å². The first-order valence-electron chi connectivity index (χ1n) is 9.24. The Kier molecular flexibility index (Phi) is 5.51. The maximum atomic E-state index is 12.6. The third-order valence-corrected chi connectivity index (χ3v) is 5.48. The lowest BCUT2D eigenvalue weighted by atomic mass is 9.82. The van der Waals surface area contributed by atoms with Crippen molar-refractivity contribution in [3.63, 3.8) is 0 Å². The van der Waals surface area contributed by atoms with Crippen molar-refractivity contribution >= 4 is 17.6 Å². The highest BCUT2D eigenvalue weighted by Gasteiger charge is 2.38. The predicted octanol–water partition coefficient (Wildman–Crippen LogP) is 2.48. The molecule has 2 aliphatic rings. The predicted molar refractivity (Wildman–Crippen MR) is 95.2 cm³/mol. The average molecular weight is 342 g/mol. The van der Waals surface area contributed by atoms with Crippen LogP contribution in [0.2, 0.25) is 0 Å². The lowest BCUT2D eigenvalue weighted by Gasteiger charge is -2.33. The molecule has 25 heavy (non-hydrogen) atoms. The summed E-state index contributed by atoms with van der Waals surface area (Å²) in [4.78, 5) is 39.0. The summed E-state index contributed by atoms with van der Waals surface area (Å²) in [6.45, 7) is 2.56. The molecule has 1 N–H and O–H groups in total. The molecule has 5 heteroatoms. The first-order chi connectivity index (χ1) is 12.1. The van der Waals surface area contributed by atoms with Crippen LogP contribution in [0.4, 0.5) is 0 Å². The zero-order valence-corrected chi connectivity index (χ0v) is 14.8. The molecule has 0 aromatic heterocycles. The lowest BCUT2D eigenvalue weighted by Crippen LogP contribution is -2.47. The minimum atomic E-state index is -0.226. The number of carbonyl (C=O) groups is 3. The molecule has 0 bridgehead atoms. The number of hydrogen-bond acceptors (Lipinski definition) is 3. The van der Waals surface area contributed by atoms with Gasteiger partial charge in [0.25, 0.3) is 5.91 Å². The van der Waals surface area contributed by atoms with Gasteiger partial charge in [0.1, 0.15) is 5.78 Å². The van der Waals surface area contributed by atoms with Crippen LogP contribution in [-0.4, -0.2) is 41.6 Å². The fourth-order valence-electron chi connectivity index (χ4n) is 4.12. The van der Waals surface area contributed by atoms with E-state index in [-0.39, 0.29) is 30.3 Å². The molecular formula is C20H26N2O3. The van der Waals surface area contributed by atoms with Crippen molar-refractivity contribution in [3.05, 3.63) is 35.4 Å². The standard InChI is InChI=1S/C20H26N2O3/c1-14-7-2-3-8-15(14)20(25)21-13-19(24)22-12-6-10-17(22)16-9-4-5-11-18(16)23/h2-3,7-8,16-17H,4-6,9-13H2,1H3,(H,21,25)/t16-,17-/m0/s1. The van der Waals surface area contributed by atoms with Crippen LogP contribution in [0.15, 0.2) is 24.3 Å². The Balaban J connectivity index is 1.59. The van der Waals surface area contributed by atoms with E-state index in [0.717, 1.165) is 37.7 Å². The van der Waals surface area contributed by atoms with E-state index in [1.807, 2.05) is 30.0 Å². The maximum absolute atomic E-state index is 12.6. The van der Waals surface area contributed by atoms with Crippen LogP contribution in [0, 0.1) is 12.8 Å². The number of carbonyl (C=O) groups excluding carboxylic acids is 3. The second-order valence-corrected chi connectivity index (χ2v) is 7.11. The molecule has 1 aromatic rings. The van der Waals surface area contributed by atoms with Crippen molar-refractivity contribution in [3.8, 4) is 0 Å². The number of benzene rings is 1. The summed E-state index contributed by atoms with van der Waals surface area (Å²) >= 11 is 0. The first kappa shape index (κ1) is 17.6. The van der Waals surface area contributed by atoms with Gasteiger partial charge >= 0.3 is 0 Å². The second kappa shape index (κ2) is 7.81. The van der Waals surface area contributed by atoms with Crippen LogP contribution in [0.25, 0.3) is 0 Å². The normalized spacial score (nSPS) is 23.6. The summed E-state index contributed by atoms with van der Waals surface area (Å²) in [5.41, 5.74) is 1.48. The van der Waals surface area contributed by atoms with Crippen molar-refractivity contribution in [1.29, 1.82) is 0 Å². The Hall–Kier alpha value is -2.17. The SMILES string of the molecule is Cc1ccccc1C(=O)NCC(=O)N1CCC[C@H]1[C@@H]1CCCCC1=O. The van der Waals surface area contributed by atoms with Gasteiger partial charge in [0, 0.05) is 30.5 Å². The molecular weight excluding hydrogens is 316 g/mol. The van der Waals surface area contributed by atoms with Gasteiger partial charge in [0.15, 0.2) is 0 Å². The monoisotopic (exact) mass is 342 g/mol. The average Bonchev–Trinajstić information content (AvgIpc) is 3.10. The fourth-order valence-corrected chi connectivity index (χ4v) is 4.12. The number of rotatable bonds is 4. The zero-order chi connectivity index (χ0) is 17.8. The Morgan fingerprint density at radius 2 is 1.96 bits per heavy atom. The van der Waals surface area contributed by atoms with Crippen LogP contribution in [0.3, 0.4) is 0 Å². The summed E-state index contributed by atoms with van der Waals surface area (Å²) in [5, 5.41) is 2.74. The number of nitrogens with zero attached hydrogens (tertiary/aromatic N) is 1. The number of nitrogens with one attached hydrogen (secondary N) is 1. The van der Waals surface area contributed by atoms with Crippen LogP contribution < -0.4 is 5.32 Å². The summed E-state index contributed by atoms with van der Waals surface area (Å²) < 4.78 is 0. The fraction of sp³-hybridized carbons (Fsp3) is 0.550. The van der Waals surface area contributed by atoms with Crippen molar-refractivity contribution < 1.29 is 14.4 Å². The van der Waals surface area contributed by atoms with Gasteiger partial charge in [0.05, 0.1) is 6.54 Å². The van der Waals surface area contributed by atoms with Gasteiger partial charge in [-0.1, -0.05) is 24.6 Å². The molecule has 2 fully saturated rings. The van der Waals surface area contributed by atoms with E-state index in [2.05, 4.69) is 5.32 Å². The Labute approximate surface area is 148 Å². The first-order valence-corrected chi connectivity index (χ1v) is 9.24. The van der Waals surface area contributed by atoms with Crippen molar-refractivity contribution in [1.82, 2.24) is 10.2 Å². The molecule has 3 rings (SSSR count). The van der Waals surface area contributed by atoms with E-state index in [1.165, 1.54) is 0 Å². The molecule has 1 aliphatic heterocycles. The van der Waals surface area contributed by atoms with Crippen LogP contribution >= 0.6 is 0 Å². The van der Waals surface area contributed by atoms with Gasteiger partial charge in [-0.25, -0.2) is 0 Å². The van der Waals surface area contributed by atoms with E-state index in [1.54, 1.807) is 6.07 Å². The molecule has 1 saturated carbocycles. The number of ketones is 1. The topological polar surface area (TPSA) is 66.5 Å². The summed E-state index contributed by atoms with van der Waals surface area (Å²) in [6, 6.07) is 7.36. The van der Waals surface area contributed by atoms with E-state index < -0.39 is 0 Å². The third-order valence-electron chi connectivity index (χ3n) is 5.48. The van der Waals surface area contributed by atoms with Gasteiger partial charge < -0.3 is 10.2 Å². The Morgan fingerprint density at radius 3 is 2.72 bits per heavy atom.